The number of aromatic nitrogens is 1. The fourth-order valence-corrected chi connectivity index (χ4v) is 5.95. The van der Waals surface area contributed by atoms with E-state index in [0.29, 0.717) is 0 Å². The summed E-state index contributed by atoms with van der Waals surface area (Å²) in [5.74, 6) is 0. The van der Waals surface area contributed by atoms with Crippen molar-refractivity contribution in [3.63, 3.8) is 0 Å². The standard InChI is InChI=1S/C37H23NO.2C2H6/c1-2-10-24(11-3-1)36-28-13-4-6-15-30(28)37(31-16-7-5-14-29(31)36)26-18-20-33(38-23-26)25-19-21-35-32(22-25)27-12-8-9-17-34(27)39-35;2*1-2/h1-23H;2*1-2H3. The number of para-hydroxylation sites is 1. The lowest BCUT2D eigenvalue weighted by Gasteiger charge is -2.17. The summed E-state index contributed by atoms with van der Waals surface area (Å²) in [6.45, 7) is 8.00. The van der Waals surface area contributed by atoms with Gasteiger partial charge in [0.15, 0.2) is 0 Å². The zero-order valence-electron chi connectivity index (χ0n) is 25.1. The Bertz CT molecular complexity index is 2100. The first-order chi connectivity index (χ1) is 21.3. The number of benzene rings is 6. The Kier molecular flexibility index (Phi) is 8.02. The zero-order valence-corrected chi connectivity index (χ0v) is 25.1. The first kappa shape index (κ1) is 27.9. The molecule has 0 bridgehead atoms. The molecule has 0 N–H and O–H groups in total. The van der Waals surface area contributed by atoms with Crippen LogP contribution in [0.1, 0.15) is 27.7 Å². The van der Waals surface area contributed by atoms with Crippen molar-refractivity contribution >= 4 is 43.5 Å². The lowest BCUT2D eigenvalue weighted by molar-refractivity contribution is 0.669. The Morgan fingerprint density at radius 2 is 0.884 bits per heavy atom. The Morgan fingerprint density at radius 3 is 1.47 bits per heavy atom. The van der Waals surface area contributed by atoms with E-state index in [1.165, 1.54) is 38.2 Å². The predicted octanol–water partition coefficient (Wildman–Crippen LogP) is 12.3. The van der Waals surface area contributed by atoms with Crippen molar-refractivity contribution in [2.24, 2.45) is 0 Å². The number of rotatable bonds is 3. The molecule has 8 aromatic rings. The maximum absolute atomic E-state index is 6.02. The Morgan fingerprint density at radius 1 is 0.395 bits per heavy atom. The number of pyridine rings is 1. The maximum atomic E-state index is 6.02. The van der Waals surface area contributed by atoms with Gasteiger partial charge in [-0.1, -0.05) is 131 Å². The van der Waals surface area contributed by atoms with Crippen LogP contribution in [0.2, 0.25) is 0 Å². The molecule has 2 aromatic heterocycles. The molecule has 0 aliphatic rings. The van der Waals surface area contributed by atoms with Crippen LogP contribution in [-0.2, 0) is 0 Å². The summed E-state index contributed by atoms with van der Waals surface area (Å²) in [6, 6.07) is 47.0. The molecule has 0 fully saturated rings. The lowest BCUT2D eigenvalue weighted by Crippen LogP contribution is -1.91. The van der Waals surface area contributed by atoms with Crippen LogP contribution in [0, 0.1) is 0 Å². The van der Waals surface area contributed by atoms with E-state index in [4.69, 9.17) is 9.40 Å². The molecule has 2 heteroatoms. The Labute approximate surface area is 253 Å². The minimum Gasteiger partial charge on any atom is -0.456 e. The largest absolute Gasteiger partial charge is 0.456 e. The summed E-state index contributed by atoms with van der Waals surface area (Å²) in [4.78, 5) is 4.96. The van der Waals surface area contributed by atoms with Gasteiger partial charge in [-0.25, -0.2) is 0 Å². The van der Waals surface area contributed by atoms with Gasteiger partial charge in [0.2, 0.25) is 0 Å². The highest BCUT2D eigenvalue weighted by Crippen LogP contribution is 2.43. The molecule has 0 amide bonds. The van der Waals surface area contributed by atoms with Crippen molar-refractivity contribution in [3.8, 4) is 33.5 Å². The van der Waals surface area contributed by atoms with E-state index in [2.05, 4.69) is 115 Å². The summed E-state index contributed by atoms with van der Waals surface area (Å²) in [5.41, 5.74) is 8.66. The van der Waals surface area contributed by atoms with E-state index >= 15 is 0 Å². The van der Waals surface area contributed by atoms with Crippen molar-refractivity contribution < 1.29 is 4.42 Å². The van der Waals surface area contributed by atoms with Gasteiger partial charge in [0.1, 0.15) is 11.2 Å². The number of fused-ring (bicyclic) bond motifs is 5. The third-order valence-corrected chi connectivity index (χ3v) is 7.72. The van der Waals surface area contributed by atoms with Gasteiger partial charge < -0.3 is 4.42 Å². The van der Waals surface area contributed by atoms with Crippen LogP contribution in [0.3, 0.4) is 0 Å². The minimum atomic E-state index is 0.896. The molecule has 0 aliphatic heterocycles. The average Bonchev–Trinajstić information content (AvgIpc) is 3.47. The fourth-order valence-electron chi connectivity index (χ4n) is 5.95. The lowest BCUT2D eigenvalue weighted by atomic mass is 9.86. The molecular weight excluding hydrogens is 522 g/mol. The Hall–Kier alpha value is -5.21. The molecule has 0 saturated carbocycles. The van der Waals surface area contributed by atoms with Crippen LogP contribution in [0.25, 0.3) is 77.0 Å². The molecule has 0 aliphatic carbocycles. The van der Waals surface area contributed by atoms with Crippen LogP contribution >= 0.6 is 0 Å². The monoisotopic (exact) mass is 557 g/mol. The second kappa shape index (κ2) is 12.3. The predicted molar refractivity (Wildman–Crippen MR) is 186 cm³/mol. The third-order valence-electron chi connectivity index (χ3n) is 7.72. The number of nitrogens with zero attached hydrogens (tertiary/aromatic N) is 1. The van der Waals surface area contributed by atoms with Gasteiger partial charge in [0, 0.05) is 28.1 Å². The molecule has 2 nitrogen and oxygen atoms in total. The number of hydrogen-bond donors (Lipinski definition) is 0. The third kappa shape index (κ3) is 4.96. The van der Waals surface area contributed by atoms with Crippen LogP contribution < -0.4 is 0 Å². The van der Waals surface area contributed by atoms with E-state index in [1.807, 2.05) is 52.1 Å². The van der Waals surface area contributed by atoms with Crippen molar-refractivity contribution in [2.45, 2.75) is 27.7 Å². The summed E-state index contributed by atoms with van der Waals surface area (Å²) in [5, 5.41) is 7.20. The first-order valence-electron chi connectivity index (χ1n) is 15.2. The average molecular weight is 558 g/mol. The summed E-state index contributed by atoms with van der Waals surface area (Å²) in [6.07, 6.45) is 2.02. The normalized spacial score (nSPS) is 10.8. The summed E-state index contributed by atoms with van der Waals surface area (Å²) in [7, 11) is 0. The molecule has 0 unspecified atom stereocenters. The minimum absolute atomic E-state index is 0.896. The highest BCUT2D eigenvalue weighted by atomic mass is 16.3. The van der Waals surface area contributed by atoms with Gasteiger partial charge >= 0.3 is 0 Å². The van der Waals surface area contributed by atoms with Crippen molar-refractivity contribution in [1.82, 2.24) is 4.98 Å². The highest BCUT2D eigenvalue weighted by Gasteiger charge is 2.17. The van der Waals surface area contributed by atoms with E-state index in [1.54, 1.807) is 0 Å². The SMILES string of the molecule is CC.CC.c1ccc(-c2c3ccccc3c(-c3ccc(-c4ccc5oc6ccccc6c5c4)nc3)c3ccccc23)cc1. The molecule has 0 atom stereocenters. The van der Waals surface area contributed by atoms with Gasteiger partial charge in [-0.3, -0.25) is 4.98 Å². The van der Waals surface area contributed by atoms with Gasteiger partial charge in [-0.15, -0.1) is 0 Å². The summed E-state index contributed by atoms with van der Waals surface area (Å²) < 4.78 is 6.02. The summed E-state index contributed by atoms with van der Waals surface area (Å²) >= 11 is 0. The molecular formula is C41H35NO. The van der Waals surface area contributed by atoms with E-state index in [-0.39, 0.29) is 0 Å². The molecule has 6 aromatic carbocycles. The fraction of sp³-hybridized carbons (Fsp3) is 0.0976. The highest BCUT2D eigenvalue weighted by molar-refractivity contribution is 6.21. The molecule has 8 rings (SSSR count). The second-order valence-electron chi connectivity index (χ2n) is 9.95. The number of furan rings is 1. The molecule has 2 heterocycles. The molecule has 0 radical (unpaired) electrons. The van der Waals surface area contributed by atoms with Gasteiger partial charge in [-0.2, -0.15) is 0 Å². The zero-order chi connectivity index (χ0) is 29.8. The van der Waals surface area contributed by atoms with Crippen LogP contribution in [0.15, 0.2) is 144 Å². The van der Waals surface area contributed by atoms with Crippen molar-refractivity contribution in [3.05, 3.63) is 140 Å². The molecule has 43 heavy (non-hydrogen) atoms. The quantitative estimate of drug-likeness (QED) is 0.202. The van der Waals surface area contributed by atoms with Crippen molar-refractivity contribution in [1.29, 1.82) is 0 Å². The van der Waals surface area contributed by atoms with Gasteiger partial charge in [-0.05, 0) is 68.6 Å². The van der Waals surface area contributed by atoms with E-state index < -0.39 is 0 Å². The van der Waals surface area contributed by atoms with Crippen molar-refractivity contribution in [2.75, 3.05) is 0 Å². The first-order valence-corrected chi connectivity index (χ1v) is 15.2. The maximum Gasteiger partial charge on any atom is 0.135 e. The van der Waals surface area contributed by atoms with Crippen LogP contribution in [0.5, 0.6) is 0 Å². The molecule has 0 saturated heterocycles. The second-order valence-corrected chi connectivity index (χ2v) is 9.95. The Balaban J connectivity index is 0.000000792. The van der Waals surface area contributed by atoms with E-state index in [0.717, 1.165) is 38.8 Å². The molecule has 210 valence electrons. The molecule has 0 spiro atoms. The van der Waals surface area contributed by atoms with E-state index in [9.17, 15) is 0 Å². The topological polar surface area (TPSA) is 26.0 Å². The van der Waals surface area contributed by atoms with Crippen LogP contribution in [-0.4, -0.2) is 4.98 Å². The van der Waals surface area contributed by atoms with Gasteiger partial charge in [0.05, 0.1) is 5.69 Å². The number of hydrogen-bond acceptors (Lipinski definition) is 2. The van der Waals surface area contributed by atoms with Crippen LogP contribution in [0.4, 0.5) is 0 Å². The van der Waals surface area contributed by atoms with Gasteiger partial charge in [0.25, 0.3) is 0 Å². The smallest absolute Gasteiger partial charge is 0.135 e.